The minimum atomic E-state index is -0.265. The van der Waals surface area contributed by atoms with E-state index in [1.807, 2.05) is 54.6 Å². The summed E-state index contributed by atoms with van der Waals surface area (Å²) in [5.74, 6) is 0.880. The average Bonchev–Trinajstić information content (AvgIpc) is 3.51. The Morgan fingerprint density at radius 1 is 0.848 bits per heavy atom. The zero-order valence-electron chi connectivity index (χ0n) is 17.7. The number of hydrogen-bond acceptors (Lipinski definition) is 4. The quantitative estimate of drug-likeness (QED) is 0.350. The molecule has 3 aromatic carbocycles. The molecule has 1 heterocycles. The van der Waals surface area contributed by atoms with Crippen LogP contribution in [0, 0.1) is 0 Å². The molecule has 0 unspecified atom stereocenters. The van der Waals surface area contributed by atoms with E-state index >= 15 is 0 Å². The van der Waals surface area contributed by atoms with Crippen molar-refractivity contribution in [2.24, 2.45) is 0 Å². The Kier molecular flexibility index (Phi) is 5.55. The van der Waals surface area contributed by atoms with Crippen LogP contribution < -0.4 is 16.0 Å². The Bertz CT molecular complexity index is 1280. The number of urea groups is 1. The number of benzene rings is 3. The van der Waals surface area contributed by atoms with Gasteiger partial charge in [0.25, 0.3) is 5.91 Å². The van der Waals surface area contributed by atoms with E-state index in [2.05, 4.69) is 31.1 Å². The van der Waals surface area contributed by atoms with E-state index in [0.29, 0.717) is 28.6 Å². The van der Waals surface area contributed by atoms with Gasteiger partial charge in [-0.1, -0.05) is 42.5 Å². The Hall–Kier alpha value is -4.46. The monoisotopic (exact) mass is 438 g/mol. The van der Waals surface area contributed by atoms with Gasteiger partial charge in [0.2, 0.25) is 0 Å². The SMILES string of the molecule is O=C(Nc1ccc(C(=O)Nc2ccccc2-c2nc(-c3ccccc3)n[nH]2)cc1)NC1CC1. The molecule has 1 aliphatic carbocycles. The molecule has 5 rings (SSSR count). The first-order valence-electron chi connectivity index (χ1n) is 10.7. The normalized spacial score (nSPS) is 12.7. The van der Waals surface area contributed by atoms with Crippen molar-refractivity contribution in [3.8, 4) is 22.8 Å². The second kappa shape index (κ2) is 8.96. The molecule has 0 atom stereocenters. The first kappa shape index (κ1) is 20.4. The van der Waals surface area contributed by atoms with Crippen LogP contribution in [0.2, 0.25) is 0 Å². The van der Waals surface area contributed by atoms with Gasteiger partial charge < -0.3 is 16.0 Å². The molecule has 1 saturated carbocycles. The zero-order chi connectivity index (χ0) is 22.6. The average molecular weight is 438 g/mol. The Balaban J connectivity index is 1.29. The van der Waals surface area contributed by atoms with E-state index in [-0.39, 0.29) is 18.0 Å². The van der Waals surface area contributed by atoms with Crippen LogP contribution >= 0.6 is 0 Å². The first-order valence-corrected chi connectivity index (χ1v) is 10.7. The molecule has 3 amide bonds. The number of carbonyl (C=O) groups is 2. The number of nitrogens with zero attached hydrogens (tertiary/aromatic N) is 2. The summed E-state index contributed by atoms with van der Waals surface area (Å²) < 4.78 is 0. The minimum absolute atomic E-state index is 0.231. The molecule has 0 saturated heterocycles. The number of nitrogens with one attached hydrogen (secondary N) is 4. The lowest BCUT2D eigenvalue weighted by molar-refractivity contribution is 0.102. The third-order valence-corrected chi connectivity index (χ3v) is 5.27. The molecule has 33 heavy (non-hydrogen) atoms. The molecule has 1 aromatic heterocycles. The van der Waals surface area contributed by atoms with Gasteiger partial charge in [0.1, 0.15) is 0 Å². The van der Waals surface area contributed by atoms with E-state index in [4.69, 9.17) is 0 Å². The van der Waals surface area contributed by atoms with Gasteiger partial charge in [0.05, 0.1) is 5.69 Å². The molecular weight excluding hydrogens is 416 g/mol. The van der Waals surface area contributed by atoms with E-state index in [9.17, 15) is 9.59 Å². The van der Waals surface area contributed by atoms with Crippen molar-refractivity contribution < 1.29 is 9.59 Å². The Labute approximate surface area is 190 Å². The molecule has 1 aliphatic rings. The Morgan fingerprint density at radius 3 is 2.33 bits per heavy atom. The lowest BCUT2D eigenvalue weighted by atomic mass is 10.1. The fourth-order valence-corrected chi connectivity index (χ4v) is 3.38. The summed E-state index contributed by atoms with van der Waals surface area (Å²) in [6.07, 6.45) is 2.05. The molecule has 1 fully saturated rings. The van der Waals surface area contributed by atoms with Crippen LogP contribution in [0.3, 0.4) is 0 Å². The van der Waals surface area contributed by atoms with Crippen LogP contribution in [-0.4, -0.2) is 33.2 Å². The maximum Gasteiger partial charge on any atom is 0.319 e. The van der Waals surface area contributed by atoms with E-state index in [1.54, 1.807) is 24.3 Å². The van der Waals surface area contributed by atoms with Crippen molar-refractivity contribution >= 4 is 23.3 Å². The summed E-state index contributed by atoms with van der Waals surface area (Å²) in [7, 11) is 0. The summed E-state index contributed by atoms with van der Waals surface area (Å²) in [5, 5.41) is 15.8. The highest BCUT2D eigenvalue weighted by Crippen LogP contribution is 2.27. The van der Waals surface area contributed by atoms with Crippen molar-refractivity contribution in [3.63, 3.8) is 0 Å². The van der Waals surface area contributed by atoms with Crippen molar-refractivity contribution in [3.05, 3.63) is 84.4 Å². The van der Waals surface area contributed by atoms with E-state index in [1.165, 1.54) is 0 Å². The van der Waals surface area contributed by atoms with Crippen LogP contribution in [0.25, 0.3) is 22.8 Å². The summed E-state index contributed by atoms with van der Waals surface area (Å²) in [6.45, 7) is 0. The summed E-state index contributed by atoms with van der Waals surface area (Å²) >= 11 is 0. The third kappa shape index (κ3) is 4.90. The highest BCUT2D eigenvalue weighted by atomic mass is 16.2. The van der Waals surface area contributed by atoms with Gasteiger partial charge in [0.15, 0.2) is 11.6 Å². The number of anilines is 2. The van der Waals surface area contributed by atoms with Gasteiger partial charge in [-0.25, -0.2) is 9.78 Å². The highest BCUT2D eigenvalue weighted by Gasteiger charge is 2.23. The van der Waals surface area contributed by atoms with Crippen molar-refractivity contribution in [2.45, 2.75) is 18.9 Å². The Morgan fingerprint density at radius 2 is 1.58 bits per heavy atom. The van der Waals surface area contributed by atoms with Gasteiger partial charge in [-0.05, 0) is 49.2 Å². The van der Waals surface area contributed by atoms with Crippen molar-refractivity contribution in [1.82, 2.24) is 20.5 Å². The van der Waals surface area contributed by atoms with Crippen molar-refractivity contribution in [1.29, 1.82) is 0 Å². The number of carbonyl (C=O) groups excluding carboxylic acids is 2. The molecule has 4 aromatic rings. The zero-order valence-corrected chi connectivity index (χ0v) is 17.7. The molecular formula is C25H22N6O2. The number of H-pyrrole nitrogens is 1. The van der Waals surface area contributed by atoms with Crippen LogP contribution in [0.5, 0.6) is 0 Å². The van der Waals surface area contributed by atoms with E-state index in [0.717, 1.165) is 24.0 Å². The second-order valence-corrected chi connectivity index (χ2v) is 7.82. The molecule has 8 nitrogen and oxygen atoms in total. The number of para-hydroxylation sites is 1. The topological polar surface area (TPSA) is 112 Å². The lowest BCUT2D eigenvalue weighted by Gasteiger charge is -2.10. The van der Waals surface area contributed by atoms with Gasteiger partial charge in [-0.3, -0.25) is 9.89 Å². The van der Waals surface area contributed by atoms with Crippen LogP contribution in [-0.2, 0) is 0 Å². The maximum atomic E-state index is 12.9. The first-order chi connectivity index (χ1) is 16.2. The largest absolute Gasteiger partial charge is 0.335 e. The number of rotatable bonds is 6. The smallest absolute Gasteiger partial charge is 0.319 e. The minimum Gasteiger partial charge on any atom is -0.335 e. The fraction of sp³-hybridized carbons (Fsp3) is 0.120. The van der Waals surface area contributed by atoms with Crippen LogP contribution in [0.1, 0.15) is 23.2 Å². The predicted molar refractivity (Wildman–Crippen MR) is 127 cm³/mol. The van der Waals surface area contributed by atoms with Gasteiger partial charge >= 0.3 is 6.03 Å². The summed E-state index contributed by atoms with van der Waals surface area (Å²) in [5.41, 5.74) is 3.35. The highest BCUT2D eigenvalue weighted by molar-refractivity contribution is 6.06. The molecule has 8 heteroatoms. The molecule has 164 valence electrons. The van der Waals surface area contributed by atoms with Crippen LogP contribution in [0.4, 0.5) is 16.2 Å². The number of hydrogen-bond donors (Lipinski definition) is 4. The third-order valence-electron chi connectivity index (χ3n) is 5.27. The number of amides is 3. The van der Waals surface area contributed by atoms with Crippen LogP contribution in [0.15, 0.2) is 78.9 Å². The molecule has 0 aliphatic heterocycles. The second-order valence-electron chi connectivity index (χ2n) is 7.82. The number of aromatic nitrogens is 3. The standard InChI is InChI=1S/C25H22N6O2/c32-24(17-10-12-18(13-11-17)26-25(33)27-19-14-15-19)28-21-9-5-4-8-20(21)23-29-22(30-31-23)16-6-2-1-3-7-16/h1-13,19H,14-15H2,(H,28,32)(H2,26,27,33)(H,29,30,31). The molecule has 0 spiro atoms. The number of aromatic amines is 1. The summed E-state index contributed by atoms with van der Waals surface area (Å²) in [6, 6.07) is 23.9. The predicted octanol–water partition coefficient (Wildman–Crippen LogP) is 4.67. The van der Waals surface area contributed by atoms with Gasteiger partial charge in [-0.15, -0.1) is 0 Å². The molecule has 4 N–H and O–H groups in total. The van der Waals surface area contributed by atoms with Gasteiger partial charge in [0, 0.05) is 28.4 Å². The van der Waals surface area contributed by atoms with Crippen molar-refractivity contribution in [2.75, 3.05) is 10.6 Å². The lowest BCUT2D eigenvalue weighted by Crippen LogP contribution is -2.30. The van der Waals surface area contributed by atoms with Gasteiger partial charge in [-0.2, -0.15) is 5.10 Å². The maximum absolute atomic E-state index is 12.9. The van der Waals surface area contributed by atoms with E-state index < -0.39 is 0 Å². The molecule has 0 radical (unpaired) electrons. The molecule has 0 bridgehead atoms. The fourth-order valence-electron chi connectivity index (χ4n) is 3.38. The summed E-state index contributed by atoms with van der Waals surface area (Å²) in [4.78, 5) is 29.3.